The summed E-state index contributed by atoms with van der Waals surface area (Å²) < 4.78 is 5.10. The van der Waals surface area contributed by atoms with E-state index in [2.05, 4.69) is 0 Å². The van der Waals surface area contributed by atoms with Gasteiger partial charge in [0.25, 0.3) is 0 Å². The number of cyclic esters (lactones) is 1. The monoisotopic (exact) mass is 413 g/mol. The molecule has 8 heteroatoms. The van der Waals surface area contributed by atoms with Gasteiger partial charge >= 0.3 is 12.1 Å². The third kappa shape index (κ3) is 7.82. The van der Waals surface area contributed by atoms with Crippen LogP contribution in [0.4, 0.5) is 4.79 Å². The topological polar surface area (TPSA) is 87.1 Å². The normalized spacial score (nSPS) is 18.1. The molecule has 1 fully saturated rings. The van der Waals surface area contributed by atoms with E-state index in [0.29, 0.717) is 30.2 Å². The fourth-order valence-corrected chi connectivity index (χ4v) is 3.79. The van der Waals surface area contributed by atoms with E-state index < -0.39 is 12.1 Å². The minimum absolute atomic E-state index is 0.161. The van der Waals surface area contributed by atoms with E-state index in [1.165, 1.54) is 0 Å². The fourth-order valence-electron chi connectivity index (χ4n) is 2.70. The predicted molar refractivity (Wildman–Crippen MR) is 106 cm³/mol. The highest BCUT2D eigenvalue weighted by Gasteiger charge is 2.30. The number of ether oxygens (including phenoxy) is 1. The van der Waals surface area contributed by atoms with Crippen LogP contribution >= 0.6 is 23.4 Å². The SMILES string of the molecule is O=C(O)CCCSCCN1C(=O)OC[C@@H]1C=C[C@@H](O)Cc1cccc(Cl)c1. The number of rotatable bonds is 11. The molecular weight excluding hydrogens is 390 g/mol. The number of amides is 1. The lowest BCUT2D eigenvalue weighted by Crippen LogP contribution is -2.34. The van der Waals surface area contributed by atoms with E-state index in [0.717, 1.165) is 11.3 Å². The molecule has 0 unspecified atom stereocenters. The fraction of sp³-hybridized carbons (Fsp3) is 0.474. The molecule has 2 rings (SSSR count). The largest absolute Gasteiger partial charge is 0.481 e. The third-order valence-corrected chi connectivity index (χ3v) is 5.34. The van der Waals surface area contributed by atoms with Crippen molar-refractivity contribution in [2.75, 3.05) is 24.7 Å². The Hall–Kier alpha value is -1.70. The summed E-state index contributed by atoms with van der Waals surface area (Å²) in [6.07, 6.45) is 3.66. The first-order valence-electron chi connectivity index (χ1n) is 8.79. The van der Waals surface area contributed by atoms with Gasteiger partial charge in [0.1, 0.15) is 6.61 Å². The Balaban J connectivity index is 1.77. The molecule has 27 heavy (non-hydrogen) atoms. The van der Waals surface area contributed by atoms with Gasteiger partial charge in [0.15, 0.2) is 0 Å². The third-order valence-electron chi connectivity index (χ3n) is 4.06. The van der Waals surface area contributed by atoms with E-state index in [9.17, 15) is 14.7 Å². The smallest absolute Gasteiger partial charge is 0.410 e. The van der Waals surface area contributed by atoms with Gasteiger partial charge < -0.3 is 14.9 Å². The van der Waals surface area contributed by atoms with Gasteiger partial charge in [-0.25, -0.2) is 4.79 Å². The molecule has 1 aliphatic rings. The molecule has 6 nitrogen and oxygen atoms in total. The van der Waals surface area contributed by atoms with Crippen molar-refractivity contribution < 1.29 is 24.5 Å². The minimum Gasteiger partial charge on any atom is -0.481 e. The van der Waals surface area contributed by atoms with Crippen LogP contribution in [0.3, 0.4) is 0 Å². The van der Waals surface area contributed by atoms with Crippen molar-refractivity contribution >= 4 is 35.4 Å². The van der Waals surface area contributed by atoms with E-state index in [4.69, 9.17) is 21.4 Å². The first-order chi connectivity index (χ1) is 13.0. The van der Waals surface area contributed by atoms with E-state index in [1.807, 2.05) is 18.2 Å². The Morgan fingerprint density at radius 2 is 2.26 bits per heavy atom. The highest BCUT2D eigenvalue weighted by molar-refractivity contribution is 7.99. The molecule has 0 aliphatic carbocycles. The highest BCUT2D eigenvalue weighted by atomic mass is 35.5. The molecule has 1 saturated heterocycles. The molecule has 0 saturated carbocycles. The van der Waals surface area contributed by atoms with Crippen molar-refractivity contribution in [2.45, 2.75) is 31.4 Å². The van der Waals surface area contributed by atoms with Crippen molar-refractivity contribution in [3.63, 3.8) is 0 Å². The maximum atomic E-state index is 11.9. The zero-order chi connectivity index (χ0) is 19.6. The van der Waals surface area contributed by atoms with E-state index >= 15 is 0 Å². The summed E-state index contributed by atoms with van der Waals surface area (Å²) in [5.41, 5.74) is 0.938. The highest BCUT2D eigenvalue weighted by Crippen LogP contribution is 2.17. The Labute approximate surface area is 168 Å². The average Bonchev–Trinajstić information content (AvgIpc) is 2.96. The summed E-state index contributed by atoms with van der Waals surface area (Å²) >= 11 is 7.56. The summed E-state index contributed by atoms with van der Waals surface area (Å²) in [4.78, 5) is 24.0. The maximum Gasteiger partial charge on any atom is 0.410 e. The van der Waals surface area contributed by atoms with Crippen LogP contribution in [0.2, 0.25) is 5.02 Å². The van der Waals surface area contributed by atoms with Crippen LogP contribution in [0.1, 0.15) is 18.4 Å². The van der Waals surface area contributed by atoms with Crippen LogP contribution in [-0.2, 0) is 16.0 Å². The molecule has 1 amide bonds. The van der Waals surface area contributed by atoms with Crippen LogP contribution < -0.4 is 0 Å². The number of aliphatic hydroxyl groups is 1. The summed E-state index contributed by atoms with van der Waals surface area (Å²) in [6, 6.07) is 7.14. The number of carboxylic acids is 1. The Morgan fingerprint density at radius 3 is 3.00 bits per heavy atom. The first-order valence-corrected chi connectivity index (χ1v) is 10.3. The van der Waals surface area contributed by atoms with Crippen LogP contribution in [0.15, 0.2) is 36.4 Å². The van der Waals surface area contributed by atoms with Gasteiger partial charge in [-0.05, 0) is 29.9 Å². The second-order valence-electron chi connectivity index (χ2n) is 6.23. The molecular formula is C19H24ClNO5S. The molecule has 0 bridgehead atoms. The van der Waals surface area contributed by atoms with Gasteiger partial charge in [0.2, 0.25) is 0 Å². The number of carbonyl (C=O) groups excluding carboxylic acids is 1. The average molecular weight is 414 g/mol. The van der Waals surface area contributed by atoms with Crippen LogP contribution in [0, 0.1) is 0 Å². The molecule has 1 aromatic rings. The van der Waals surface area contributed by atoms with Gasteiger partial charge in [-0.3, -0.25) is 9.69 Å². The number of halogens is 1. The van der Waals surface area contributed by atoms with Crippen molar-refractivity contribution in [1.82, 2.24) is 4.90 Å². The zero-order valence-corrected chi connectivity index (χ0v) is 16.5. The van der Waals surface area contributed by atoms with Gasteiger partial charge in [-0.15, -0.1) is 0 Å². The van der Waals surface area contributed by atoms with Crippen LogP contribution in [0.5, 0.6) is 0 Å². The Bertz CT molecular complexity index is 669. The maximum absolute atomic E-state index is 11.9. The number of hydrogen-bond acceptors (Lipinski definition) is 5. The number of carbonyl (C=O) groups is 2. The van der Waals surface area contributed by atoms with E-state index in [-0.39, 0.29) is 25.2 Å². The second kappa shape index (κ2) is 11.2. The van der Waals surface area contributed by atoms with Crippen molar-refractivity contribution in [3.05, 3.63) is 47.0 Å². The van der Waals surface area contributed by atoms with Gasteiger partial charge in [0, 0.05) is 30.2 Å². The number of hydrogen-bond donors (Lipinski definition) is 2. The number of aliphatic carboxylic acids is 1. The molecule has 148 valence electrons. The molecule has 1 aliphatic heterocycles. The minimum atomic E-state index is -0.791. The van der Waals surface area contributed by atoms with Gasteiger partial charge in [0.05, 0.1) is 12.1 Å². The molecule has 1 aromatic carbocycles. The number of nitrogens with zero attached hydrogens (tertiary/aromatic N) is 1. The summed E-state index contributed by atoms with van der Waals surface area (Å²) in [6.45, 7) is 0.791. The Morgan fingerprint density at radius 1 is 1.44 bits per heavy atom. The van der Waals surface area contributed by atoms with Gasteiger partial charge in [-0.2, -0.15) is 11.8 Å². The second-order valence-corrected chi connectivity index (χ2v) is 7.89. The van der Waals surface area contributed by atoms with Gasteiger partial charge in [-0.1, -0.05) is 35.9 Å². The van der Waals surface area contributed by atoms with Crippen molar-refractivity contribution in [3.8, 4) is 0 Å². The van der Waals surface area contributed by atoms with Crippen LogP contribution in [-0.4, -0.2) is 64.0 Å². The van der Waals surface area contributed by atoms with Crippen molar-refractivity contribution in [2.24, 2.45) is 0 Å². The number of carboxylic acid groups (broad SMARTS) is 1. The zero-order valence-electron chi connectivity index (χ0n) is 14.9. The number of aliphatic hydroxyl groups excluding tert-OH is 1. The Kier molecular flexibility index (Phi) is 8.97. The molecule has 1 heterocycles. The van der Waals surface area contributed by atoms with E-state index in [1.54, 1.807) is 34.9 Å². The summed E-state index contributed by atoms with van der Waals surface area (Å²) in [5, 5.41) is 19.4. The first kappa shape index (κ1) is 21.6. The number of benzene rings is 1. The number of thioether (sulfide) groups is 1. The predicted octanol–water partition coefficient (Wildman–Crippen LogP) is 3.22. The molecule has 2 atom stereocenters. The standard InChI is InChI=1S/C19H24ClNO5S/c20-15-4-1-3-14(11-15)12-17(22)7-6-16-13-26-19(25)21(16)8-10-27-9-2-5-18(23)24/h1,3-4,6-7,11,16-17,22H,2,5,8-10,12-13H2,(H,23,24)/t16-,17+/m0/s1. The van der Waals surface area contributed by atoms with Crippen LogP contribution in [0.25, 0.3) is 0 Å². The molecule has 0 radical (unpaired) electrons. The quantitative estimate of drug-likeness (QED) is 0.428. The molecule has 0 spiro atoms. The molecule has 0 aromatic heterocycles. The molecule has 2 N–H and O–H groups in total. The lowest BCUT2D eigenvalue weighted by atomic mass is 10.1. The lowest BCUT2D eigenvalue weighted by Gasteiger charge is -2.18. The lowest BCUT2D eigenvalue weighted by molar-refractivity contribution is -0.137. The summed E-state index contributed by atoms with van der Waals surface area (Å²) in [5.74, 6) is 0.665. The summed E-state index contributed by atoms with van der Waals surface area (Å²) in [7, 11) is 0. The van der Waals surface area contributed by atoms with Crippen molar-refractivity contribution in [1.29, 1.82) is 0 Å².